The van der Waals surface area contributed by atoms with Crippen LogP contribution >= 0.6 is 35.3 Å². The van der Waals surface area contributed by atoms with Crippen molar-refractivity contribution in [2.24, 2.45) is 0 Å². The second-order valence-corrected chi connectivity index (χ2v) is 14.7. The summed E-state index contributed by atoms with van der Waals surface area (Å²) in [7, 11) is 0. The summed E-state index contributed by atoms with van der Waals surface area (Å²) in [5.41, 5.74) is 28.1. The number of benzene rings is 6. The molecule has 0 spiro atoms. The third-order valence-electron chi connectivity index (χ3n) is 7.24. The van der Waals surface area contributed by atoms with Crippen LogP contribution in [0.1, 0.15) is 16.7 Å². The number of hydrogen-bond donors (Lipinski definition) is 9. The lowest BCUT2D eigenvalue weighted by Gasteiger charge is -2.07. The lowest BCUT2D eigenvalue weighted by molar-refractivity contribution is 0.462. The lowest BCUT2D eigenvalue weighted by Crippen LogP contribution is -1.91. The fourth-order valence-corrected chi connectivity index (χ4v) is 7.00. The van der Waals surface area contributed by atoms with Gasteiger partial charge < -0.3 is 48.5 Å². The van der Waals surface area contributed by atoms with Crippen molar-refractivity contribution in [1.82, 2.24) is 0 Å². The summed E-state index contributed by atoms with van der Waals surface area (Å²) in [4.78, 5) is 5.01. The number of aromatic hydroxyl groups is 5. The van der Waals surface area contributed by atoms with Crippen molar-refractivity contribution in [1.29, 1.82) is 0 Å². The summed E-state index contributed by atoms with van der Waals surface area (Å²) >= 11 is 4.25. The van der Waals surface area contributed by atoms with Crippen LogP contribution < -0.4 is 22.9 Å². The number of aryl methyl sites for hydroxylation is 3. The van der Waals surface area contributed by atoms with E-state index in [-0.39, 0.29) is 28.7 Å². The molecule has 0 heterocycles. The minimum Gasteiger partial charge on any atom is -0.508 e. The highest BCUT2D eigenvalue weighted by Crippen LogP contribution is 2.38. The molecular weight excluding hydrogens is 701 g/mol. The highest BCUT2D eigenvalue weighted by atomic mass is 32.2. The zero-order valence-corrected chi connectivity index (χ0v) is 30.6. The van der Waals surface area contributed by atoms with Crippen LogP contribution in [0.4, 0.5) is 22.7 Å². The molecule has 51 heavy (non-hydrogen) atoms. The zero-order valence-electron chi connectivity index (χ0n) is 28.2. The van der Waals surface area contributed by atoms with Gasteiger partial charge in [-0.25, -0.2) is 0 Å². The standard InChI is InChI=1S/C13H14N2OS.2C13H13NO2S/c1-8-2-4-10(7-12(8)16)17-13-6-9(14)3-5-11(13)15;1-8-2-4-10(7-12(8)16)17-13-6-9(15)3-5-11(13)14;1-8-2-4-10(7-12(8)16)17-13-6-9(14)3-5-11(13)15/h2-7,16H,14-15H2,1H3;2*2-7,15-16H,14H2,1H3. The van der Waals surface area contributed by atoms with E-state index < -0.39 is 0 Å². The molecule has 0 aliphatic rings. The fourth-order valence-electron chi connectivity index (χ4n) is 4.20. The van der Waals surface area contributed by atoms with E-state index in [1.165, 1.54) is 35.3 Å². The Kier molecular flexibility index (Phi) is 13.2. The quantitative estimate of drug-likeness (QED) is 0.0579. The Hall–Kier alpha value is -5.43. The molecule has 6 aromatic rings. The van der Waals surface area contributed by atoms with Crippen molar-refractivity contribution >= 4 is 58.0 Å². The van der Waals surface area contributed by atoms with Crippen LogP contribution in [-0.2, 0) is 0 Å². The Morgan fingerprint density at radius 1 is 0.373 bits per heavy atom. The number of rotatable bonds is 6. The van der Waals surface area contributed by atoms with E-state index in [1.807, 2.05) is 63.2 Å². The number of anilines is 4. The van der Waals surface area contributed by atoms with Crippen LogP contribution in [0.5, 0.6) is 28.7 Å². The summed E-state index contributed by atoms with van der Waals surface area (Å²) in [6, 6.07) is 31.5. The van der Waals surface area contributed by atoms with E-state index in [0.717, 1.165) is 41.2 Å². The molecule has 0 aromatic heterocycles. The van der Waals surface area contributed by atoms with E-state index in [9.17, 15) is 25.5 Å². The van der Waals surface area contributed by atoms with Gasteiger partial charge in [-0.15, -0.1) is 0 Å². The molecule has 0 amide bonds. The number of nitrogen functional groups attached to an aromatic ring is 4. The van der Waals surface area contributed by atoms with Gasteiger partial charge in [0, 0.05) is 47.2 Å². The van der Waals surface area contributed by atoms with Gasteiger partial charge in [0.1, 0.15) is 28.7 Å². The highest BCUT2D eigenvalue weighted by Gasteiger charge is 2.08. The Morgan fingerprint density at radius 2 is 0.745 bits per heavy atom. The fraction of sp³-hybridized carbons (Fsp3) is 0.0769. The SMILES string of the molecule is Cc1ccc(Sc2cc(N)ccc2N)cc1O.Cc1ccc(Sc2cc(N)ccc2O)cc1O.Cc1ccc(Sc2cc(O)ccc2N)cc1O. The number of hydrogen-bond acceptors (Lipinski definition) is 12. The topological polar surface area (TPSA) is 205 Å². The van der Waals surface area contributed by atoms with E-state index in [0.29, 0.717) is 27.6 Å². The predicted molar refractivity (Wildman–Crippen MR) is 211 cm³/mol. The minimum atomic E-state index is 0.179. The van der Waals surface area contributed by atoms with E-state index in [4.69, 9.17) is 22.9 Å². The molecule has 264 valence electrons. The van der Waals surface area contributed by atoms with Gasteiger partial charge in [-0.3, -0.25) is 0 Å². The molecule has 0 fully saturated rings. The van der Waals surface area contributed by atoms with Crippen molar-refractivity contribution in [3.63, 3.8) is 0 Å². The highest BCUT2D eigenvalue weighted by molar-refractivity contribution is 8.00. The molecule has 0 aliphatic heterocycles. The average molecular weight is 741 g/mol. The van der Waals surface area contributed by atoms with Crippen LogP contribution in [0.2, 0.25) is 0 Å². The van der Waals surface area contributed by atoms with Crippen LogP contribution in [0, 0.1) is 20.8 Å². The first-order valence-corrected chi connectivity index (χ1v) is 17.9. The zero-order chi connectivity index (χ0) is 37.2. The first-order chi connectivity index (χ1) is 24.2. The molecule has 13 N–H and O–H groups in total. The molecule has 0 atom stereocenters. The van der Waals surface area contributed by atoms with Gasteiger partial charge in [-0.2, -0.15) is 0 Å². The molecule has 6 rings (SSSR count). The van der Waals surface area contributed by atoms with Gasteiger partial charge >= 0.3 is 0 Å². The maximum Gasteiger partial charge on any atom is 0.129 e. The van der Waals surface area contributed by atoms with E-state index in [2.05, 4.69) is 0 Å². The van der Waals surface area contributed by atoms with Gasteiger partial charge in [-0.05, 0) is 128 Å². The number of phenols is 5. The summed E-state index contributed by atoms with van der Waals surface area (Å²) in [6.07, 6.45) is 0. The van der Waals surface area contributed by atoms with E-state index in [1.54, 1.807) is 66.7 Å². The Morgan fingerprint density at radius 3 is 1.20 bits per heavy atom. The molecule has 0 aliphatic carbocycles. The third-order valence-corrected chi connectivity index (χ3v) is 10.4. The summed E-state index contributed by atoms with van der Waals surface area (Å²) in [6.45, 7) is 5.53. The van der Waals surface area contributed by atoms with Crippen LogP contribution in [-0.4, -0.2) is 25.5 Å². The average Bonchev–Trinajstić information content (AvgIpc) is 3.08. The number of phenolic OH excluding ortho intramolecular Hbond substituents is 5. The minimum absolute atomic E-state index is 0.179. The van der Waals surface area contributed by atoms with Gasteiger partial charge in [-0.1, -0.05) is 53.5 Å². The van der Waals surface area contributed by atoms with Crippen molar-refractivity contribution in [2.45, 2.75) is 50.1 Å². The Balaban J connectivity index is 0.000000172. The van der Waals surface area contributed by atoms with E-state index >= 15 is 0 Å². The molecular formula is C39H40N4O5S3. The molecule has 0 saturated carbocycles. The molecule has 0 radical (unpaired) electrons. The van der Waals surface area contributed by atoms with Gasteiger partial charge in [0.2, 0.25) is 0 Å². The molecule has 0 saturated heterocycles. The van der Waals surface area contributed by atoms with Crippen LogP contribution in [0.15, 0.2) is 139 Å². The smallest absolute Gasteiger partial charge is 0.129 e. The Bertz CT molecular complexity index is 1910. The monoisotopic (exact) mass is 740 g/mol. The van der Waals surface area contributed by atoms with Crippen molar-refractivity contribution in [3.05, 3.63) is 126 Å². The normalized spacial score (nSPS) is 10.4. The van der Waals surface area contributed by atoms with Gasteiger partial charge in [0.25, 0.3) is 0 Å². The van der Waals surface area contributed by atoms with Crippen LogP contribution in [0.3, 0.4) is 0 Å². The molecule has 12 heteroatoms. The van der Waals surface area contributed by atoms with Crippen LogP contribution in [0.25, 0.3) is 0 Å². The molecule has 0 bridgehead atoms. The maximum absolute atomic E-state index is 9.68. The second-order valence-electron chi connectivity index (χ2n) is 11.4. The molecule has 6 aromatic carbocycles. The molecule has 9 nitrogen and oxygen atoms in total. The summed E-state index contributed by atoms with van der Waals surface area (Å²) in [5.74, 6) is 1.16. The third kappa shape index (κ3) is 11.3. The molecule has 0 unspecified atom stereocenters. The first kappa shape index (κ1) is 38.4. The second kappa shape index (κ2) is 17.5. The first-order valence-electron chi connectivity index (χ1n) is 15.4. The van der Waals surface area contributed by atoms with Crippen molar-refractivity contribution in [2.75, 3.05) is 22.9 Å². The number of nitrogens with two attached hydrogens (primary N) is 4. The predicted octanol–water partition coefficient (Wildman–Crippen LogP) is 9.30. The maximum atomic E-state index is 9.68. The summed E-state index contributed by atoms with van der Waals surface area (Å²) in [5, 5.41) is 47.9. The lowest BCUT2D eigenvalue weighted by atomic mass is 10.2. The summed E-state index contributed by atoms with van der Waals surface area (Å²) < 4.78 is 0. The van der Waals surface area contributed by atoms with Gasteiger partial charge in [0.15, 0.2) is 0 Å². The van der Waals surface area contributed by atoms with Crippen molar-refractivity contribution in [3.8, 4) is 28.7 Å². The van der Waals surface area contributed by atoms with Gasteiger partial charge in [0.05, 0.1) is 4.90 Å². The largest absolute Gasteiger partial charge is 0.508 e. The Labute approximate surface area is 310 Å². The van der Waals surface area contributed by atoms with Crippen molar-refractivity contribution < 1.29 is 25.5 Å².